The number of hydrogen-bond acceptors (Lipinski definition) is 5. The molecule has 1 N–H and O–H groups in total. The summed E-state index contributed by atoms with van der Waals surface area (Å²) < 4.78 is 5.33. The summed E-state index contributed by atoms with van der Waals surface area (Å²) in [6.45, 7) is 3.62. The normalized spacial score (nSPS) is 10.6. The van der Waals surface area contributed by atoms with Crippen LogP contribution in [-0.4, -0.2) is 16.0 Å². The van der Waals surface area contributed by atoms with E-state index in [2.05, 4.69) is 34.5 Å². The highest BCUT2D eigenvalue weighted by Gasteiger charge is 2.09. The number of hydrogen-bond donors (Lipinski definition) is 1. The number of aryl methyl sites for hydroxylation is 1. The Morgan fingerprint density at radius 3 is 2.48 bits per heavy atom. The van der Waals surface area contributed by atoms with Crippen LogP contribution in [-0.2, 0) is 17.0 Å². The van der Waals surface area contributed by atoms with Crippen LogP contribution in [0.2, 0.25) is 0 Å². The van der Waals surface area contributed by atoms with E-state index in [1.165, 1.54) is 12.5 Å². The van der Waals surface area contributed by atoms with Gasteiger partial charge in [0.05, 0.1) is 5.75 Å². The number of nitrogens with zero attached hydrogens (tertiary/aromatic N) is 2. The second-order valence-corrected chi connectivity index (χ2v) is 6.61. The number of benzene rings is 2. The summed E-state index contributed by atoms with van der Waals surface area (Å²) in [4.78, 5) is 16.5. The van der Waals surface area contributed by atoms with Crippen molar-refractivity contribution in [3.05, 3.63) is 60.0 Å². The van der Waals surface area contributed by atoms with Gasteiger partial charge in [0, 0.05) is 23.1 Å². The molecule has 0 fully saturated rings. The first-order valence-electron chi connectivity index (χ1n) is 8.06. The molecule has 0 saturated heterocycles. The second-order valence-electron chi connectivity index (χ2n) is 5.56. The van der Waals surface area contributed by atoms with Gasteiger partial charge in [0.25, 0.3) is 0 Å². The van der Waals surface area contributed by atoms with E-state index in [9.17, 15) is 4.79 Å². The largest absolute Gasteiger partial charge is 0.338 e. The summed E-state index contributed by atoms with van der Waals surface area (Å²) in [5.41, 5.74) is 3.02. The average molecular weight is 353 g/mol. The fraction of sp³-hybridized carbons (Fsp3) is 0.211. The summed E-state index contributed by atoms with van der Waals surface area (Å²) in [5.74, 6) is 1.72. The van der Waals surface area contributed by atoms with Crippen molar-refractivity contribution in [2.75, 3.05) is 5.32 Å². The Bertz CT molecular complexity index is 842. The molecule has 0 saturated carbocycles. The molecule has 0 radical (unpaired) electrons. The molecule has 0 aliphatic carbocycles. The molecule has 0 bridgehead atoms. The van der Waals surface area contributed by atoms with Crippen molar-refractivity contribution in [3.63, 3.8) is 0 Å². The number of rotatable bonds is 6. The highest BCUT2D eigenvalue weighted by Crippen LogP contribution is 2.25. The molecule has 1 amide bonds. The quantitative estimate of drug-likeness (QED) is 0.659. The molecule has 6 heteroatoms. The molecule has 0 aliphatic rings. The molecule has 3 aromatic rings. The van der Waals surface area contributed by atoms with Crippen LogP contribution in [0, 0.1) is 0 Å². The summed E-state index contributed by atoms with van der Waals surface area (Å²) in [6, 6.07) is 15.8. The Balaban J connectivity index is 1.60. The lowest BCUT2D eigenvalue weighted by molar-refractivity contribution is -0.114. The summed E-state index contributed by atoms with van der Waals surface area (Å²) in [7, 11) is 0. The van der Waals surface area contributed by atoms with Gasteiger partial charge in [-0.2, -0.15) is 4.98 Å². The van der Waals surface area contributed by atoms with Gasteiger partial charge < -0.3 is 9.84 Å². The van der Waals surface area contributed by atoms with Crippen LogP contribution in [0.4, 0.5) is 5.69 Å². The fourth-order valence-corrected chi connectivity index (χ4v) is 3.04. The third-order valence-electron chi connectivity index (χ3n) is 3.63. The lowest BCUT2D eigenvalue weighted by atomic mass is 10.1. The molecule has 5 nitrogen and oxygen atoms in total. The minimum absolute atomic E-state index is 0.0780. The van der Waals surface area contributed by atoms with Crippen molar-refractivity contribution in [3.8, 4) is 11.4 Å². The topological polar surface area (TPSA) is 68.0 Å². The van der Waals surface area contributed by atoms with Crippen LogP contribution in [0.3, 0.4) is 0 Å². The van der Waals surface area contributed by atoms with Crippen LogP contribution >= 0.6 is 11.8 Å². The van der Waals surface area contributed by atoms with Gasteiger partial charge >= 0.3 is 0 Å². The standard InChI is InChI=1S/C19H19N3O2S/c1-3-14-4-6-15(7-5-14)19-21-18(24-22-19)12-25-17-10-8-16(9-11-17)20-13(2)23/h4-11H,3,12H2,1-2H3,(H,20,23). The second kappa shape index (κ2) is 7.98. The zero-order valence-corrected chi connectivity index (χ0v) is 15.0. The third kappa shape index (κ3) is 4.70. The summed E-state index contributed by atoms with van der Waals surface area (Å²) in [5, 5.41) is 6.80. The Morgan fingerprint density at radius 2 is 1.84 bits per heavy atom. The van der Waals surface area contributed by atoms with Gasteiger partial charge in [0.1, 0.15) is 0 Å². The zero-order chi connectivity index (χ0) is 17.6. The molecule has 0 atom stereocenters. The highest BCUT2D eigenvalue weighted by atomic mass is 32.2. The van der Waals surface area contributed by atoms with E-state index < -0.39 is 0 Å². The van der Waals surface area contributed by atoms with Gasteiger partial charge in [0.15, 0.2) is 0 Å². The molecule has 1 heterocycles. The van der Waals surface area contributed by atoms with Gasteiger partial charge in [-0.05, 0) is 36.2 Å². The maximum Gasteiger partial charge on any atom is 0.237 e. The van der Waals surface area contributed by atoms with Crippen molar-refractivity contribution in [2.45, 2.75) is 30.9 Å². The SMILES string of the molecule is CCc1ccc(-c2noc(CSc3ccc(NC(C)=O)cc3)n2)cc1. The first-order valence-corrected chi connectivity index (χ1v) is 9.05. The Morgan fingerprint density at radius 1 is 1.12 bits per heavy atom. The maximum absolute atomic E-state index is 11.0. The number of anilines is 1. The van der Waals surface area contributed by atoms with Crippen LogP contribution in [0.5, 0.6) is 0 Å². The number of carbonyl (C=O) groups excluding carboxylic acids is 1. The predicted octanol–water partition coefficient (Wildman–Crippen LogP) is 4.55. The molecule has 1 aromatic heterocycles. The number of amides is 1. The van der Waals surface area contributed by atoms with Crippen molar-refractivity contribution in [1.82, 2.24) is 10.1 Å². The van der Waals surface area contributed by atoms with Gasteiger partial charge in [-0.15, -0.1) is 11.8 Å². The Kier molecular flexibility index (Phi) is 5.50. The molecule has 0 spiro atoms. The number of carbonyl (C=O) groups is 1. The van der Waals surface area contributed by atoms with Crippen molar-refractivity contribution in [2.24, 2.45) is 0 Å². The van der Waals surface area contributed by atoms with Gasteiger partial charge in [-0.25, -0.2) is 0 Å². The molecule has 128 valence electrons. The summed E-state index contributed by atoms with van der Waals surface area (Å²) >= 11 is 1.61. The average Bonchev–Trinajstić information content (AvgIpc) is 3.10. The van der Waals surface area contributed by atoms with Crippen LogP contribution in [0.15, 0.2) is 57.9 Å². The number of aromatic nitrogens is 2. The van der Waals surface area contributed by atoms with Crippen LogP contribution < -0.4 is 5.32 Å². The minimum Gasteiger partial charge on any atom is -0.338 e. The monoisotopic (exact) mass is 353 g/mol. The third-order valence-corrected chi connectivity index (χ3v) is 4.62. The van der Waals surface area contributed by atoms with Gasteiger partial charge in [-0.1, -0.05) is 36.3 Å². The molecule has 25 heavy (non-hydrogen) atoms. The minimum atomic E-state index is -0.0780. The van der Waals surface area contributed by atoms with E-state index in [1.54, 1.807) is 11.8 Å². The van der Waals surface area contributed by atoms with E-state index in [1.807, 2.05) is 36.4 Å². The molecule has 3 rings (SSSR count). The number of nitrogens with one attached hydrogen (secondary N) is 1. The zero-order valence-electron chi connectivity index (χ0n) is 14.2. The van der Waals surface area contributed by atoms with E-state index in [-0.39, 0.29) is 5.91 Å². The lowest BCUT2D eigenvalue weighted by Gasteiger charge is -2.03. The molecule has 0 aliphatic heterocycles. The van der Waals surface area contributed by atoms with Gasteiger partial charge in [0.2, 0.25) is 17.6 Å². The van der Waals surface area contributed by atoms with Crippen molar-refractivity contribution in [1.29, 1.82) is 0 Å². The van der Waals surface area contributed by atoms with Gasteiger partial charge in [-0.3, -0.25) is 4.79 Å². The first kappa shape index (κ1) is 17.2. The van der Waals surface area contributed by atoms with Crippen molar-refractivity contribution < 1.29 is 9.32 Å². The smallest absolute Gasteiger partial charge is 0.237 e. The van der Waals surface area contributed by atoms with E-state index >= 15 is 0 Å². The van der Waals surface area contributed by atoms with Crippen LogP contribution in [0.25, 0.3) is 11.4 Å². The molecule has 0 unspecified atom stereocenters. The van der Waals surface area contributed by atoms with E-state index in [0.717, 1.165) is 22.6 Å². The summed E-state index contributed by atoms with van der Waals surface area (Å²) in [6.07, 6.45) is 1.01. The van der Waals surface area contributed by atoms with Crippen molar-refractivity contribution >= 4 is 23.4 Å². The Labute approximate surface area is 150 Å². The highest BCUT2D eigenvalue weighted by molar-refractivity contribution is 7.98. The lowest BCUT2D eigenvalue weighted by Crippen LogP contribution is -2.05. The molecular weight excluding hydrogens is 334 g/mol. The Hall–Kier alpha value is -2.60. The first-order chi connectivity index (χ1) is 12.1. The number of thioether (sulfide) groups is 1. The fourth-order valence-electron chi connectivity index (χ4n) is 2.30. The van der Waals surface area contributed by atoms with E-state index in [0.29, 0.717) is 17.5 Å². The van der Waals surface area contributed by atoms with Crippen LogP contribution in [0.1, 0.15) is 25.3 Å². The predicted molar refractivity (Wildman–Crippen MR) is 99.4 cm³/mol. The van der Waals surface area contributed by atoms with E-state index in [4.69, 9.17) is 4.52 Å². The molecular formula is C19H19N3O2S. The maximum atomic E-state index is 11.0. The molecule has 2 aromatic carbocycles.